The minimum Gasteiger partial charge on any atom is -0.462 e. The van der Waals surface area contributed by atoms with Crippen LogP contribution in [-0.2, 0) is 4.74 Å². The topological polar surface area (TPSA) is 59.2 Å². The van der Waals surface area contributed by atoms with E-state index in [1.54, 1.807) is 6.92 Å². The van der Waals surface area contributed by atoms with Gasteiger partial charge in [0.2, 0.25) is 5.56 Å². The maximum Gasteiger partial charge on any atom is 0.389 e. The largest absolute Gasteiger partial charge is 0.462 e. The van der Waals surface area contributed by atoms with E-state index in [2.05, 4.69) is 9.72 Å². The number of aromatic nitrogens is 1. The SMILES string of the molecule is Cc1cc(C(=O)OCCCC(F)(F)F)cc(=O)[nH]1. The number of hydrogen-bond acceptors (Lipinski definition) is 3. The van der Waals surface area contributed by atoms with Gasteiger partial charge in [-0.2, -0.15) is 13.2 Å². The molecule has 18 heavy (non-hydrogen) atoms. The van der Waals surface area contributed by atoms with Gasteiger partial charge in [-0.15, -0.1) is 0 Å². The van der Waals surface area contributed by atoms with Gasteiger partial charge in [-0.3, -0.25) is 4.79 Å². The minimum atomic E-state index is -4.26. The summed E-state index contributed by atoms with van der Waals surface area (Å²) in [6.45, 7) is 1.26. The smallest absolute Gasteiger partial charge is 0.389 e. The summed E-state index contributed by atoms with van der Waals surface area (Å²) in [6.07, 6.45) is -5.56. The third-order valence-electron chi connectivity index (χ3n) is 2.05. The molecule has 1 aromatic heterocycles. The summed E-state index contributed by atoms with van der Waals surface area (Å²) < 4.78 is 40.1. The van der Waals surface area contributed by atoms with Gasteiger partial charge in [0.05, 0.1) is 12.2 Å². The number of ether oxygens (including phenoxy) is 1. The summed E-state index contributed by atoms with van der Waals surface area (Å²) in [5, 5.41) is 0. The van der Waals surface area contributed by atoms with Gasteiger partial charge >= 0.3 is 12.1 Å². The summed E-state index contributed by atoms with van der Waals surface area (Å²) in [4.78, 5) is 24.9. The average Bonchev–Trinajstić information content (AvgIpc) is 2.21. The molecule has 0 fully saturated rings. The summed E-state index contributed by atoms with van der Waals surface area (Å²) in [5.41, 5.74) is 0.0465. The van der Waals surface area contributed by atoms with Gasteiger partial charge in [0.25, 0.3) is 0 Å². The van der Waals surface area contributed by atoms with Gasteiger partial charge in [0.15, 0.2) is 0 Å². The van der Waals surface area contributed by atoms with E-state index in [0.29, 0.717) is 5.69 Å². The minimum absolute atomic E-state index is 0.0308. The fourth-order valence-electron chi connectivity index (χ4n) is 1.32. The lowest BCUT2D eigenvalue weighted by Crippen LogP contribution is -2.14. The zero-order valence-corrected chi connectivity index (χ0v) is 9.63. The summed E-state index contributed by atoms with van der Waals surface area (Å²) in [7, 11) is 0. The lowest BCUT2D eigenvalue weighted by molar-refractivity contribution is -0.137. The Kier molecular flexibility index (Phi) is 4.52. The molecule has 0 aliphatic heterocycles. The quantitative estimate of drug-likeness (QED) is 0.669. The third-order valence-corrected chi connectivity index (χ3v) is 2.05. The van der Waals surface area contributed by atoms with Crippen LogP contribution in [0, 0.1) is 6.92 Å². The Morgan fingerprint density at radius 2 is 2.06 bits per heavy atom. The van der Waals surface area contributed by atoms with Crippen molar-refractivity contribution < 1.29 is 22.7 Å². The molecule has 0 saturated carbocycles. The molecule has 1 N–H and O–H groups in total. The number of halogens is 3. The maximum absolute atomic E-state index is 11.8. The van der Waals surface area contributed by atoms with Gasteiger partial charge in [-0.25, -0.2) is 4.79 Å². The maximum atomic E-state index is 11.8. The molecule has 0 atom stereocenters. The average molecular weight is 263 g/mol. The standard InChI is InChI=1S/C11H12F3NO3/c1-7-5-8(6-9(16)15-7)10(17)18-4-2-3-11(12,13)14/h5-6H,2-4H2,1H3,(H,15,16). The second-order valence-electron chi connectivity index (χ2n) is 3.77. The van der Waals surface area contributed by atoms with Crippen LogP contribution >= 0.6 is 0 Å². The normalized spacial score (nSPS) is 11.3. The first-order valence-electron chi connectivity index (χ1n) is 5.23. The Bertz CT molecular complexity index is 479. The van der Waals surface area contributed by atoms with E-state index < -0.39 is 24.1 Å². The van der Waals surface area contributed by atoms with Crippen molar-refractivity contribution in [3.05, 3.63) is 33.7 Å². The zero-order chi connectivity index (χ0) is 13.8. The first-order chi connectivity index (χ1) is 8.28. The van der Waals surface area contributed by atoms with Gasteiger partial charge in [0.1, 0.15) is 0 Å². The highest BCUT2D eigenvalue weighted by molar-refractivity contribution is 5.89. The molecule has 1 aromatic rings. The molecule has 4 nitrogen and oxygen atoms in total. The highest BCUT2D eigenvalue weighted by Gasteiger charge is 2.26. The highest BCUT2D eigenvalue weighted by atomic mass is 19.4. The van der Waals surface area contributed by atoms with Crippen molar-refractivity contribution in [2.45, 2.75) is 25.9 Å². The van der Waals surface area contributed by atoms with Crippen molar-refractivity contribution in [3.63, 3.8) is 0 Å². The van der Waals surface area contributed by atoms with Crippen LogP contribution in [0.1, 0.15) is 28.9 Å². The molecule has 0 amide bonds. The molecule has 1 heterocycles. The number of pyridine rings is 1. The van der Waals surface area contributed by atoms with E-state index in [-0.39, 0.29) is 18.6 Å². The van der Waals surface area contributed by atoms with Gasteiger partial charge in [0, 0.05) is 18.2 Å². The zero-order valence-electron chi connectivity index (χ0n) is 9.63. The molecule has 0 bridgehead atoms. The van der Waals surface area contributed by atoms with Gasteiger partial charge < -0.3 is 9.72 Å². The van der Waals surface area contributed by atoms with E-state index in [1.807, 2.05) is 0 Å². The molecule has 0 unspecified atom stereocenters. The number of hydrogen-bond donors (Lipinski definition) is 1. The van der Waals surface area contributed by atoms with Crippen molar-refractivity contribution in [2.75, 3.05) is 6.61 Å². The van der Waals surface area contributed by atoms with Crippen LogP contribution in [0.15, 0.2) is 16.9 Å². The first-order valence-corrected chi connectivity index (χ1v) is 5.23. The highest BCUT2D eigenvalue weighted by Crippen LogP contribution is 2.21. The molecule has 100 valence electrons. The lowest BCUT2D eigenvalue weighted by atomic mass is 10.2. The van der Waals surface area contributed by atoms with Crippen LogP contribution in [0.2, 0.25) is 0 Å². The molecular formula is C11H12F3NO3. The summed E-state index contributed by atoms with van der Waals surface area (Å²) >= 11 is 0. The first kappa shape index (κ1) is 14.3. The lowest BCUT2D eigenvalue weighted by Gasteiger charge is -2.07. The number of carbonyl (C=O) groups excluding carboxylic acids is 1. The van der Waals surface area contributed by atoms with Gasteiger partial charge in [-0.1, -0.05) is 0 Å². The number of carbonyl (C=O) groups is 1. The number of H-pyrrole nitrogens is 1. The van der Waals surface area contributed by atoms with Crippen molar-refractivity contribution in [1.29, 1.82) is 0 Å². The molecule has 1 rings (SSSR count). The third kappa shape index (κ3) is 5.03. The van der Waals surface area contributed by atoms with E-state index in [4.69, 9.17) is 0 Å². The summed E-state index contributed by atoms with van der Waals surface area (Å²) in [5.74, 6) is -0.800. The summed E-state index contributed by atoms with van der Waals surface area (Å²) in [6, 6.07) is 2.44. The van der Waals surface area contributed by atoms with Crippen molar-refractivity contribution in [2.24, 2.45) is 0 Å². The van der Waals surface area contributed by atoms with E-state index in [0.717, 1.165) is 6.07 Å². The van der Waals surface area contributed by atoms with Crippen LogP contribution in [-0.4, -0.2) is 23.7 Å². The number of rotatable bonds is 4. The monoisotopic (exact) mass is 263 g/mol. The van der Waals surface area contributed by atoms with Gasteiger partial charge in [-0.05, 0) is 19.4 Å². The van der Waals surface area contributed by atoms with E-state index >= 15 is 0 Å². The Labute approximate surface area is 101 Å². The molecule has 0 radical (unpaired) electrons. The molecule has 0 spiro atoms. The predicted molar refractivity (Wildman–Crippen MR) is 57.4 cm³/mol. The Morgan fingerprint density at radius 1 is 1.39 bits per heavy atom. The van der Waals surface area contributed by atoms with Crippen molar-refractivity contribution in [1.82, 2.24) is 4.98 Å². The molecule has 0 aliphatic rings. The van der Waals surface area contributed by atoms with Crippen LogP contribution in [0.3, 0.4) is 0 Å². The Hall–Kier alpha value is -1.79. The number of alkyl halides is 3. The fourth-order valence-corrected chi connectivity index (χ4v) is 1.32. The van der Waals surface area contributed by atoms with Crippen LogP contribution in [0.4, 0.5) is 13.2 Å². The number of aryl methyl sites for hydroxylation is 1. The molecular weight excluding hydrogens is 251 g/mol. The van der Waals surface area contributed by atoms with E-state index in [9.17, 15) is 22.8 Å². The molecule has 0 saturated heterocycles. The fraction of sp³-hybridized carbons (Fsp3) is 0.455. The molecule has 0 aliphatic carbocycles. The molecule has 7 heteroatoms. The second kappa shape index (κ2) is 5.70. The van der Waals surface area contributed by atoms with E-state index in [1.165, 1.54) is 6.07 Å². The molecule has 0 aromatic carbocycles. The second-order valence-corrected chi connectivity index (χ2v) is 3.77. The van der Waals surface area contributed by atoms with Crippen molar-refractivity contribution in [3.8, 4) is 0 Å². The van der Waals surface area contributed by atoms with Crippen LogP contribution in [0.25, 0.3) is 0 Å². The Balaban J connectivity index is 2.48. The van der Waals surface area contributed by atoms with Crippen molar-refractivity contribution >= 4 is 5.97 Å². The number of aromatic amines is 1. The predicted octanol–water partition coefficient (Wildman–Crippen LogP) is 2.18. The van der Waals surface area contributed by atoms with Crippen LogP contribution < -0.4 is 5.56 Å². The van der Waals surface area contributed by atoms with Crippen LogP contribution in [0.5, 0.6) is 0 Å². The number of esters is 1. The number of nitrogens with one attached hydrogen (secondary N) is 1. The Morgan fingerprint density at radius 3 is 2.61 bits per heavy atom.